The fourth-order valence-corrected chi connectivity index (χ4v) is 17.5. The number of hydrogen-bond acceptors (Lipinski definition) is 6. The SMILES string of the molecule is [B]1c2ccccc2N2c3ccccc3B3c4ccccc4Nc4c3c2c1c1c2c3c5c6c(c2c2c7c8c9c(c2c41)[B]c1ccccc1N9c1ccccc1B8c1ccccc1N7)[B]c1ccccc1N6c1ccccc1B5c1ccccc1N3. The first-order valence-corrected chi connectivity index (χ1v) is 29.5. The summed E-state index contributed by atoms with van der Waals surface area (Å²) in [7, 11) is 7.69. The Bertz CT molecular complexity index is 4490. The lowest BCUT2D eigenvalue weighted by atomic mass is 9.31. The molecule has 0 fully saturated rings. The van der Waals surface area contributed by atoms with E-state index in [-0.39, 0.29) is 20.1 Å². The fraction of sp³-hybridized carbons (Fsp3) is 0. The van der Waals surface area contributed by atoms with Crippen LogP contribution in [0.5, 0.6) is 0 Å². The van der Waals surface area contributed by atoms with E-state index in [4.69, 9.17) is 0 Å². The number of hydrogen-bond donors (Lipinski definition) is 3. The predicted molar refractivity (Wildman–Crippen MR) is 361 cm³/mol. The molecule has 6 nitrogen and oxygen atoms in total. The second kappa shape index (κ2) is 15.1. The Balaban J connectivity index is 1.05. The van der Waals surface area contributed by atoms with E-state index in [9.17, 15) is 0 Å². The average molecular weight is 1050 g/mol. The van der Waals surface area contributed by atoms with Crippen LogP contribution in [0.2, 0.25) is 0 Å². The molecule has 9 aliphatic rings. The highest BCUT2D eigenvalue weighted by molar-refractivity contribution is 7.04. The van der Waals surface area contributed by atoms with E-state index >= 15 is 0 Å². The van der Waals surface area contributed by atoms with Gasteiger partial charge in [-0.3, -0.25) is 0 Å². The zero-order valence-corrected chi connectivity index (χ0v) is 45.1. The van der Waals surface area contributed by atoms with Crippen LogP contribution in [0, 0.1) is 0 Å². The number of rotatable bonds is 0. The number of benzene rings is 13. The number of nitrogens with zero attached hydrogens (tertiary/aromatic N) is 3. The molecule has 13 aromatic carbocycles. The van der Waals surface area contributed by atoms with Gasteiger partial charge in [-0.2, -0.15) is 0 Å². The van der Waals surface area contributed by atoms with E-state index in [1.165, 1.54) is 183 Å². The maximum absolute atomic E-state index is 4.39. The van der Waals surface area contributed by atoms with Crippen LogP contribution >= 0.6 is 0 Å². The summed E-state index contributed by atoms with van der Waals surface area (Å²) in [6.45, 7) is -0.140. The van der Waals surface area contributed by atoms with Gasteiger partial charge >= 0.3 is 0 Å². The standard InChI is InChI=1S/C72H39B6N6/c1-13-31-49-37(19-1)73-61-55-58(67-64-70(61)82(49)52-34-16-7-25-43(52)76(64)40-22-4-10-28-46(40)79-67)56-60(69-66-72-62(56)74-39-21-3-15-33-51(39)84(72)54-36-18-9-27-45(54)78(66)42-24-6-12-30-48(42)81-69)57-59(55)68-65-71-63(57)75-38-20-2-14-32-50(38)83(71)53-35-17-8-26-44(53)77(65)41-23-5-11-29-47(41)80-68/h1-36,79-81H. The zero-order valence-electron chi connectivity index (χ0n) is 45.1. The van der Waals surface area contributed by atoms with Crippen LogP contribution in [-0.2, 0) is 0 Å². The lowest BCUT2D eigenvalue weighted by molar-refractivity contribution is 1.30. The number of para-hydroxylation sites is 9. The van der Waals surface area contributed by atoms with E-state index in [1.54, 1.807) is 0 Å². The minimum atomic E-state index is -0.0467. The highest BCUT2D eigenvalue weighted by Gasteiger charge is 2.51. The Labute approximate surface area is 487 Å². The maximum Gasteiger partial charge on any atom is 0.252 e. The van der Waals surface area contributed by atoms with Crippen molar-refractivity contribution in [2.75, 3.05) is 30.7 Å². The van der Waals surface area contributed by atoms with Crippen LogP contribution in [0.25, 0.3) is 32.3 Å². The first-order chi connectivity index (χ1) is 41.7. The molecule has 0 aliphatic carbocycles. The monoisotopic (exact) mass is 1050 g/mol. The quantitative estimate of drug-likeness (QED) is 0.126. The van der Waals surface area contributed by atoms with Crippen molar-refractivity contribution in [2.24, 2.45) is 0 Å². The molecule has 3 radical (unpaired) electrons. The first kappa shape index (κ1) is 43.5. The molecule has 13 aromatic rings. The molecule has 3 N–H and O–H groups in total. The van der Waals surface area contributed by atoms with Crippen LogP contribution in [0.3, 0.4) is 0 Å². The molecule has 0 saturated carbocycles. The van der Waals surface area contributed by atoms with Gasteiger partial charge in [0.2, 0.25) is 0 Å². The van der Waals surface area contributed by atoms with E-state index in [2.05, 4.69) is 271 Å². The lowest BCUT2D eigenvalue weighted by Crippen LogP contribution is -2.64. The van der Waals surface area contributed by atoms with Gasteiger partial charge in [-0.05, 0) is 136 Å². The van der Waals surface area contributed by atoms with E-state index in [1.807, 2.05) is 0 Å². The topological polar surface area (TPSA) is 45.8 Å². The predicted octanol–water partition coefficient (Wildman–Crippen LogP) is 6.12. The van der Waals surface area contributed by atoms with Crippen molar-refractivity contribution in [3.63, 3.8) is 0 Å². The lowest BCUT2D eigenvalue weighted by Gasteiger charge is -2.48. The smallest absolute Gasteiger partial charge is 0.252 e. The minimum Gasteiger partial charge on any atom is -0.356 e. The molecule has 0 atom stereocenters. The van der Waals surface area contributed by atoms with E-state index < -0.39 is 0 Å². The summed E-state index contributed by atoms with van der Waals surface area (Å²) >= 11 is 0. The van der Waals surface area contributed by atoms with Crippen molar-refractivity contribution in [1.82, 2.24) is 0 Å². The van der Waals surface area contributed by atoms with Gasteiger partial charge in [0.1, 0.15) is 0 Å². The normalized spacial score (nSPS) is 14.9. The molecular formula is C72H39B6N6. The van der Waals surface area contributed by atoms with Crippen LogP contribution in [0.15, 0.2) is 218 Å². The number of fused-ring (bicyclic) bond motifs is 33. The largest absolute Gasteiger partial charge is 0.356 e. The molecular weight excluding hydrogens is 1010 g/mol. The highest BCUT2D eigenvalue weighted by atomic mass is 15.2. The van der Waals surface area contributed by atoms with Crippen molar-refractivity contribution in [3.8, 4) is 0 Å². The summed E-state index contributed by atoms with van der Waals surface area (Å²) in [5.74, 6) is 0. The Hall–Kier alpha value is -10.2. The van der Waals surface area contributed by atoms with Crippen molar-refractivity contribution in [1.29, 1.82) is 0 Å². The van der Waals surface area contributed by atoms with E-state index in [0.29, 0.717) is 0 Å². The summed E-state index contributed by atoms with van der Waals surface area (Å²) in [5.41, 5.74) is 37.1. The van der Waals surface area contributed by atoms with Gasteiger partial charge < -0.3 is 30.7 Å². The van der Waals surface area contributed by atoms with Crippen molar-refractivity contribution >= 4 is 242 Å². The zero-order chi connectivity index (χ0) is 53.9. The van der Waals surface area contributed by atoms with E-state index in [0.717, 1.165) is 17.1 Å². The van der Waals surface area contributed by atoms with Crippen molar-refractivity contribution < 1.29 is 0 Å². The Morgan fingerprint density at radius 1 is 0.250 bits per heavy atom. The maximum atomic E-state index is 4.39. The molecule has 375 valence electrons. The highest BCUT2D eigenvalue weighted by Crippen LogP contribution is 2.54. The molecule has 0 amide bonds. The van der Waals surface area contributed by atoms with Gasteiger partial charge in [-0.25, -0.2) is 0 Å². The summed E-state index contributed by atoms with van der Waals surface area (Å²) in [4.78, 5) is 7.89. The van der Waals surface area contributed by atoms with Crippen LogP contribution in [-0.4, -0.2) is 42.0 Å². The van der Waals surface area contributed by atoms with Gasteiger partial charge in [0.15, 0.2) is 21.8 Å². The molecule has 0 aromatic heterocycles. The number of anilines is 15. The summed E-state index contributed by atoms with van der Waals surface area (Å²) in [6, 6.07) is 82.4. The van der Waals surface area contributed by atoms with Crippen molar-refractivity contribution in [2.45, 2.75) is 0 Å². The molecule has 84 heavy (non-hydrogen) atoms. The minimum absolute atomic E-state index is 0.0467. The molecule has 9 heterocycles. The molecule has 12 heteroatoms. The first-order valence-electron chi connectivity index (χ1n) is 29.5. The third kappa shape index (κ3) is 4.99. The summed E-state index contributed by atoms with van der Waals surface area (Å²) < 4.78 is 0. The van der Waals surface area contributed by atoms with Gasteiger partial charge in [0.25, 0.3) is 20.1 Å². The van der Waals surface area contributed by atoms with Crippen LogP contribution in [0.4, 0.5) is 85.3 Å². The van der Waals surface area contributed by atoms with Crippen molar-refractivity contribution in [3.05, 3.63) is 218 Å². The fourth-order valence-electron chi connectivity index (χ4n) is 17.5. The van der Waals surface area contributed by atoms with Crippen LogP contribution < -0.4 is 113 Å². The Morgan fingerprint density at radius 2 is 0.500 bits per heavy atom. The molecule has 0 saturated heterocycles. The van der Waals surface area contributed by atoms with Gasteiger partial charge in [0, 0.05) is 101 Å². The van der Waals surface area contributed by atoms with Crippen LogP contribution in [0.1, 0.15) is 0 Å². The third-order valence-corrected chi connectivity index (χ3v) is 20.4. The second-order valence-corrected chi connectivity index (χ2v) is 24.1. The summed E-state index contributed by atoms with van der Waals surface area (Å²) in [6.07, 6.45) is 0. The Morgan fingerprint density at radius 3 is 0.810 bits per heavy atom. The average Bonchev–Trinajstić information content (AvgIpc) is 0.705. The van der Waals surface area contributed by atoms with Gasteiger partial charge in [0.05, 0.1) is 0 Å². The summed E-state index contributed by atoms with van der Waals surface area (Å²) in [5, 5.41) is 20.6. The molecule has 0 spiro atoms. The molecule has 0 bridgehead atoms. The Kier molecular flexibility index (Phi) is 7.82. The number of nitrogens with one attached hydrogen (secondary N) is 3. The van der Waals surface area contributed by atoms with Gasteiger partial charge in [-0.15, -0.1) is 0 Å². The molecule has 9 aliphatic heterocycles. The van der Waals surface area contributed by atoms with Gasteiger partial charge in [-0.1, -0.05) is 180 Å². The molecule has 22 rings (SSSR count). The molecule has 0 unspecified atom stereocenters. The second-order valence-electron chi connectivity index (χ2n) is 24.1. The third-order valence-electron chi connectivity index (χ3n) is 20.4.